The maximum atomic E-state index is 12.7. The number of hydrogen-bond donors (Lipinski definition) is 2. The molecule has 0 aliphatic carbocycles. The van der Waals surface area contributed by atoms with Crippen LogP contribution in [0.3, 0.4) is 0 Å². The Hall–Kier alpha value is -4.64. The van der Waals surface area contributed by atoms with Crippen LogP contribution in [0.2, 0.25) is 0 Å². The predicted octanol–water partition coefficient (Wildman–Crippen LogP) is 3.68. The van der Waals surface area contributed by atoms with Gasteiger partial charge in [0, 0.05) is 29.4 Å². The van der Waals surface area contributed by atoms with E-state index >= 15 is 0 Å². The quantitative estimate of drug-likeness (QED) is 0.321. The zero-order chi connectivity index (χ0) is 25.5. The van der Waals surface area contributed by atoms with Crippen molar-refractivity contribution < 1.29 is 28.7 Å². The summed E-state index contributed by atoms with van der Waals surface area (Å²) in [6, 6.07) is 13.7. The first-order chi connectivity index (χ1) is 16.7. The molecule has 0 saturated carbocycles. The molecule has 1 aromatic heterocycles. The molecule has 0 spiro atoms. The van der Waals surface area contributed by atoms with Crippen LogP contribution >= 0.6 is 0 Å². The van der Waals surface area contributed by atoms with Crippen molar-refractivity contribution >= 4 is 29.3 Å². The summed E-state index contributed by atoms with van der Waals surface area (Å²) in [6.45, 7) is 3.01. The van der Waals surface area contributed by atoms with Gasteiger partial charge < -0.3 is 19.8 Å². The third-order valence-corrected chi connectivity index (χ3v) is 5.19. The number of carbonyl (C=O) groups excluding carboxylic acids is 4. The van der Waals surface area contributed by atoms with Crippen molar-refractivity contribution in [3.8, 4) is 11.8 Å². The van der Waals surface area contributed by atoms with Crippen LogP contribution in [0, 0.1) is 18.8 Å². The first-order valence-corrected chi connectivity index (χ1v) is 10.6. The molecule has 1 heterocycles. The minimum absolute atomic E-state index is 0.158. The van der Waals surface area contributed by atoms with Crippen molar-refractivity contribution in [3.05, 3.63) is 87.7 Å². The zero-order valence-corrected chi connectivity index (χ0v) is 19.8. The summed E-state index contributed by atoms with van der Waals surface area (Å²) in [7, 11) is 2.56. The van der Waals surface area contributed by atoms with Gasteiger partial charge in [0.15, 0.2) is 5.78 Å². The van der Waals surface area contributed by atoms with E-state index in [0.29, 0.717) is 33.6 Å². The fraction of sp³-hybridized carbons (Fsp3) is 0.185. The molecule has 0 unspecified atom stereocenters. The van der Waals surface area contributed by atoms with E-state index in [-0.39, 0.29) is 29.4 Å². The molecule has 0 aliphatic rings. The number of ketones is 1. The lowest BCUT2D eigenvalue weighted by molar-refractivity contribution is -0.115. The van der Waals surface area contributed by atoms with Crippen LogP contribution in [0.15, 0.2) is 48.5 Å². The molecule has 2 N–H and O–H groups in total. The molecular formula is C27H24N2O6. The summed E-state index contributed by atoms with van der Waals surface area (Å²) in [6.07, 6.45) is -0.158. The Labute approximate surface area is 202 Å². The minimum Gasteiger partial charge on any atom is -0.465 e. The van der Waals surface area contributed by atoms with Crippen molar-refractivity contribution in [1.29, 1.82) is 0 Å². The highest BCUT2D eigenvalue weighted by molar-refractivity contribution is 6.02. The Morgan fingerprint density at radius 3 is 2.17 bits per heavy atom. The summed E-state index contributed by atoms with van der Waals surface area (Å²) in [5.41, 5.74) is 3.40. The Bertz CT molecular complexity index is 1370. The average Bonchev–Trinajstić information content (AvgIpc) is 3.17. The molecule has 0 fully saturated rings. The van der Waals surface area contributed by atoms with Crippen LogP contribution < -0.4 is 5.32 Å². The van der Waals surface area contributed by atoms with Crippen LogP contribution in [0.4, 0.5) is 5.69 Å². The van der Waals surface area contributed by atoms with Gasteiger partial charge in [0.25, 0.3) is 0 Å². The lowest BCUT2D eigenvalue weighted by Gasteiger charge is -2.07. The van der Waals surface area contributed by atoms with Gasteiger partial charge in [-0.3, -0.25) is 9.59 Å². The van der Waals surface area contributed by atoms with Crippen molar-refractivity contribution in [2.24, 2.45) is 0 Å². The molecule has 3 aromatic rings. The SMILES string of the molecule is COC(=O)c1cccc(C#Cc2cccc(NC(=O)Cc3[nH]c(C(C)=O)c(C)c3C(=O)OC)c2)c1. The smallest absolute Gasteiger partial charge is 0.339 e. The standard InChI is InChI=1S/C27H24N2O6/c1-16-24(27(33)35-4)22(29-25(16)17(2)30)15-23(31)28-21-10-6-8-19(14-21)12-11-18-7-5-9-20(13-18)26(32)34-3/h5-10,13-14,29H,15H2,1-4H3,(H,28,31). The molecule has 0 bridgehead atoms. The molecule has 0 aliphatic heterocycles. The fourth-order valence-corrected chi connectivity index (χ4v) is 3.55. The van der Waals surface area contributed by atoms with E-state index in [2.05, 4.69) is 22.1 Å². The van der Waals surface area contributed by atoms with Crippen LogP contribution in [0.1, 0.15) is 60.5 Å². The number of esters is 2. The predicted molar refractivity (Wildman–Crippen MR) is 129 cm³/mol. The largest absolute Gasteiger partial charge is 0.465 e. The van der Waals surface area contributed by atoms with E-state index in [1.165, 1.54) is 21.1 Å². The van der Waals surface area contributed by atoms with E-state index in [4.69, 9.17) is 9.47 Å². The van der Waals surface area contributed by atoms with Crippen LogP contribution in [-0.4, -0.2) is 42.8 Å². The average molecular weight is 472 g/mol. The number of rotatable bonds is 6. The Balaban J connectivity index is 1.77. The molecule has 0 saturated heterocycles. The van der Waals surface area contributed by atoms with Crippen molar-refractivity contribution in [2.45, 2.75) is 20.3 Å². The number of anilines is 1. The minimum atomic E-state index is -0.623. The van der Waals surface area contributed by atoms with E-state index in [9.17, 15) is 19.2 Å². The monoisotopic (exact) mass is 472 g/mol. The Kier molecular flexibility index (Phi) is 7.85. The maximum Gasteiger partial charge on any atom is 0.339 e. The third-order valence-electron chi connectivity index (χ3n) is 5.19. The molecule has 35 heavy (non-hydrogen) atoms. The fourth-order valence-electron chi connectivity index (χ4n) is 3.55. The van der Waals surface area contributed by atoms with Gasteiger partial charge >= 0.3 is 11.9 Å². The number of Topliss-reactive ketones (excluding diaryl/α,β-unsaturated/α-hetero) is 1. The first kappa shape index (κ1) is 25.0. The lowest BCUT2D eigenvalue weighted by atomic mass is 10.1. The summed E-state index contributed by atoms with van der Waals surface area (Å²) in [5.74, 6) is 4.29. The molecule has 178 valence electrons. The second-order valence-electron chi connectivity index (χ2n) is 7.65. The van der Waals surface area contributed by atoms with Gasteiger partial charge in [-0.25, -0.2) is 9.59 Å². The third kappa shape index (κ3) is 6.03. The highest BCUT2D eigenvalue weighted by Gasteiger charge is 2.24. The number of methoxy groups -OCH3 is 2. The number of ether oxygens (including phenoxy) is 2. The number of aromatic nitrogens is 1. The van der Waals surface area contributed by atoms with Crippen LogP contribution in [0.5, 0.6) is 0 Å². The molecule has 0 radical (unpaired) electrons. The highest BCUT2D eigenvalue weighted by atomic mass is 16.5. The number of aromatic amines is 1. The van der Waals surface area contributed by atoms with Gasteiger partial charge in [0.1, 0.15) is 0 Å². The number of H-pyrrole nitrogens is 1. The van der Waals surface area contributed by atoms with Crippen molar-refractivity contribution in [2.75, 3.05) is 19.5 Å². The number of benzene rings is 2. The van der Waals surface area contributed by atoms with Gasteiger partial charge in [-0.05, 0) is 48.9 Å². The second-order valence-corrected chi connectivity index (χ2v) is 7.65. The molecular weight excluding hydrogens is 448 g/mol. The number of nitrogens with one attached hydrogen (secondary N) is 2. The van der Waals surface area contributed by atoms with Gasteiger partial charge in [-0.2, -0.15) is 0 Å². The molecule has 1 amide bonds. The first-order valence-electron chi connectivity index (χ1n) is 10.6. The topological polar surface area (TPSA) is 115 Å². The van der Waals surface area contributed by atoms with Gasteiger partial charge in [-0.15, -0.1) is 0 Å². The van der Waals surface area contributed by atoms with Crippen molar-refractivity contribution in [3.63, 3.8) is 0 Å². The number of amides is 1. The lowest BCUT2D eigenvalue weighted by Crippen LogP contribution is -2.17. The molecule has 0 atom stereocenters. The van der Waals surface area contributed by atoms with E-state index in [1.54, 1.807) is 55.5 Å². The molecule has 8 heteroatoms. The van der Waals surface area contributed by atoms with Gasteiger partial charge in [0.05, 0.1) is 37.5 Å². The summed E-state index contributed by atoms with van der Waals surface area (Å²) < 4.78 is 9.54. The van der Waals surface area contributed by atoms with Gasteiger partial charge in [0.2, 0.25) is 5.91 Å². The van der Waals surface area contributed by atoms with Gasteiger partial charge in [-0.1, -0.05) is 24.0 Å². The highest BCUT2D eigenvalue weighted by Crippen LogP contribution is 2.21. The molecule has 3 rings (SSSR count). The summed E-state index contributed by atoms with van der Waals surface area (Å²) in [5, 5.41) is 2.78. The normalized spacial score (nSPS) is 10.1. The second kappa shape index (κ2) is 11.0. The summed E-state index contributed by atoms with van der Waals surface area (Å²) in [4.78, 5) is 51.4. The molecule has 8 nitrogen and oxygen atoms in total. The van der Waals surface area contributed by atoms with Crippen LogP contribution in [0.25, 0.3) is 0 Å². The van der Waals surface area contributed by atoms with E-state index < -0.39 is 11.9 Å². The van der Waals surface area contributed by atoms with E-state index in [0.717, 1.165) is 0 Å². The zero-order valence-electron chi connectivity index (χ0n) is 19.8. The molecule has 2 aromatic carbocycles. The maximum absolute atomic E-state index is 12.7. The van der Waals surface area contributed by atoms with Crippen molar-refractivity contribution in [1.82, 2.24) is 4.98 Å². The Morgan fingerprint density at radius 2 is 1.54 bits per heavy atom. The summed E-state index contributed by atoms with van der Waals surface area (Å²) >= 11 is 0. The Morgan fingerprint density at radius 1 is 0.914 bits per heavy atom. The van der Waals surface area contributed by atoms with Crippen LogP contribution in [-0.2, 0) is 20.7 Å². The number of carbonyl (C=O) groups is 4. The number of hydrogen-bond acceptors (Lipinski definition) is 6. The van der Waals surface area contributed by atoms with E-state index in [1.807, 2.05) is 0 Å².